The van der Waals surface area contributed by atoms with Crippen molar-refractivity contribution in [1.29, 1.82) is 0 Å². The van der Waals surface area contributed by atoms with E-state index >= 15 is 0 Å². The van der Waals surface area contributed by atoms with Gasteiger partial charge in [0.2, 0.25) is 0 Å². The summed E-state index contributed by atoms with van der Waals surface area (Å²) in [5.41, 5.74) is 4.72. The van der Waals surface area contributed by atoms with Gasteiger partial charge in [-0.15, -0.1) is 0 Å². The predicted octanol–water partition coefficient (Wildman–Crippen LogP) is 2.68. The van der Waals surface area contributed by atoms with Crippen LogP contribution in [0.1, 0.15) is 29.7 Å². The lowest BCUT2D eigenvalue weighted by molar-refractivity contribution is 0.778. The molecule has 0 amide bonds. The van der Waals surface area contributed by atoms with Crippen LogP contribution in [0.3, 0.4) is 0 Å². The summed E-state index contributed by atoms with van der Waals surface area (Å²) in [4.78, 5) is 12.6. The minimum Gasteiger partial charge on any atom is -0.371 e. The first-order chi connectivity index (χ1) is 9.86. The summed E-state index contributed by atoms with van der Waals surface area (Å²) in [7, 11) is 0. The molecule has 2 aliphatic rings. The molecule has 3 heteroatoms. The van der Waals surface area contributed by atoms with Crippen LogP contribution in [0.4, 0.5) is 5.82 Å². The van der Waals surface area contributed by atoms with Crippen molar-refractivity contribution in [3.05, 3.63) is 57.4 Å². The number of pyridine rings is 1. The van der Waals surface area contributed by atoms with Gasteiger partial charge in [0.15, 0.2) is 5.43 Å². The lowest BCUT2D eigenvalue weighted by Gasteiger charge is -2.25. The average molecular weight is 266 g/mol. The van der Waals surface area contributed by atoms with Crippen LogP contribution in [-0.2, 0) is 19.3 Å². The summed E-state index contributed by atoms with van der Waals surface area (Å²) in [5, 5.41) is 3.46. The van der Waals surface area contributed by atoms with Gasteiger partial charge in [-0.3, -0.25) is 9.36 Å². The molecule has 1 aliphatic carbocycles. The molecule has 2 heterocycles. The van der Waals surface area contributed by atoms with Gasteiger partial charge in [0.1, 0.15) is 5.82 Å². The maximum absolute atomic E-state index is 12.6. The molecule has 1 aromatic carbocycles. The number of aromatic nitrogens is 1. The smallest absolute Gasteiger partial charge is 0.190 e. The van der Waals surface area contributed by atoms with Crippen molar-refractivity contribution in [2.45, 2.75) is 32.1 Å². The van der Waals surface area contributed by atoms with E-state index in [9.17, 15) is 4.79 Å². The van der Waals surface area contributed by atoms with E-state index in [0.29, 0.717) is 5.43 Å². The summed E-state index contributed by atoms with van der Waals surface area (Å²) in [6, 6.07) is 10.4. The SMILES string of the molecule is O=c1c2c(n(-c3ccccc3)c3c1CCCN3)CCC2. The predicted molar refractivity (Wildman–Crippen MR) is 80.9 cm³/mol. The van der Waals surface area contributed by atoms with Crippen LogP contribution in [0.5, 0.6) is 0 Å². The lowest BCUT2D eigenvalue weighted by Crippen LogP contribution is -2.28. The van der Waals surface area contributed by atoms with Crippen molar-refractivity contribution >= 4 is 5.82 Å². The second kappa shape index (κ2) is 4.51. The zero-order valence-corrected chi connectivity index (χ0v) is 11.5. The van der Waals surface area contributed by atoms with Crippen molar-refractivity contribution in [2.75, 3.05) is 11.9 Å². The molecule has 0 fully saturated rings. The van der Waals surface area contributed by atoms with Crippen molar-refractivity contribution in [3.8, 4) is 5.69 Å². The molecule has 0 saturated heterocycles. The topological polar surface area (TPSA) is 34.0 Å². The van der Waals surface area contributed by atoms with E-state index in [4.69, 9.17) is 0 Å². The summed E-state index contributed by atoms with van der Waals surface area (Å²) in [6.07, 6.45) is 5.00. The largest absolute Gasteiger partial charge is 0.371 e. The van der Waals surface area contributed by atoms with E-state index in [1.165, 1.54) is 5.69 Å². The van der Waals surface area contributed by atoms with Gasteiger partial charge in [-0.25, -0.2) is 0 Å². The van der Waals surface area contributed by atoms with Crippen molar-refractivity contribution in [2.24, 2.45) is 0 Å². The number of benzene rings is 1. The minimum atomic E-state index is 0.298. The average Bonchev–Trinajstić information content (AvgIpc) is 2.98. The fourth-order valence-electron chi connectivity index (χ4n) is 3.53. The van der Waals surface area contributed by atoms with Gasteiger partial charge in [-0.05, 0) is 44.2 Å². The van der Waals surface area contributed by atoms with E-state index in [0.717, 1.165) is 61.3 Å². The van der Waals surface area contributed by atoms with Crippen LogP contribution in [0.15, 0.2) is 35.1 Å². The molecular weight excluding hydrogens is 248 g/mol. The Balaban J connectivity index is 2.07. The Morgan fingerprint density at radius 3 is 2.60 bits per heavy atom. The number of para-hydroxylation sites is 1. The van der Waals surface area contributed by atoms with Crippen LogP contribution in [-0.4, -0.2) is 11.1 Å². The third-order valence-electron chi connectivity index (χ3n) is 4.43. The number of nitrogens with zero attached hydrogens (tertiary/aromatic N) is 1. The Kier molecular flexibility index (Phi) is 2.66. The molecule has 0 bridgehead atoms. The molecule has 0 atom stereocenters. The second-order valence-corrected chi connectivity index (χ2v) is 5.64. The number of nitrogens with one attached hydrogen (secondary N) is 1. The van der Waals surface area contributed by atoms with Crippen LogP contribution < -0.4 is 10.7 Å². The molecule has 1 aromatic heterocycles. The summed E-state index contributed by atoms with van der Waals surface area (Å²) >= 11 is 0. The van der Waals surface area contributed by atoms with E-state index in [1.54, 1.807) is 0 Å². The quantitative estimate of drug-likeness (QED) is 0.861. The Hall–Kier alpha value is -2.03. The molecule has 102 valence electrons. The van der Waals surface area contributed by atoms with Crippen LogP contribution in [0, 0.1) is 0 Å². The molecule has 1 N–H and O–H groups in total. The first kappa shape index (κ1) is 11.8. The van der Waals surface area contributed by atoms with Crippen molar-refractivity contribution in [1.82, 2.24) is 4.57 Å². The summed E-state index contributed by atoms with van der Waals surface area (Å²) < 4.78 is 2.29. The highest BCUT2D eigenvalue weighted by Gasteiger charge is 2.26. The molecule has 0 radical (unpaired) electrons. The third-order valence-corrected chi connectivity index (χ3v) is 4.43. The van der Waals surface area contributed by atoms with E-state index in [-0.39, 0.29) is 0 Å². The van der Waals surface area contributed by atoms with E-state index < -0.39 is 0 Å². The first-order valence-corrected chi connectivity index (χ1v) is 7.45. The van der Waals surface area contributed by atoms with E-state index in [2.05, 4.69) is 34.1 Å². The van der Waals surface area contributed by atoms with Gasteiger partial charge in [0.25, 0.3) is 0 Å². The molecule has 4 rings (SSSR count). The van der Waals surface area contributed by atoms with Gasteiger partial charge >= 0.3 is 0 Å². The zero-order valence-electron chi connectivity index (χ0n) is 11.5. The highest BCUT2D eigenvalue weighted by molar-refractivity contribution is 5.57. The highest BCUT2D eigenvalue weighted by atomic mass is 16.1. The number of anilines is 1. The molecule has 3 nitrogen and oxygen atoms in total. The summed E-state index contributed by atoms with van der Waals surface area (Å²) in [6.45, 7) is 0.956. The molecule has 1 aliphatic heterocycles. The third kappa shape index (κ3) is 1.62. The zero-order chi connectivity index (χ0) is 13.5. The minimum absolute atomic E-state index is 0.298. The molecule has 0 saturated carbocycles. The Bertz CT molecular complexity index is 716. The normalized spacial score (nSPS) is 16.4. The fraction of sp³-hybridized carbons (Fsp3) is 0.353. The van der Waals surface area contributed by atoms with E-state index in [1.807, 2.05) is 6.07 Å². The standard InChI is InChI=1S/C17H18N2O/c20-16-13-8-4-10-15(13)19(12-6-2-1-3-7-12)17-14(16)9-5-11-18-17/h1-3,6-7,18H,4-5,8-11H2. The van der Waals surface area contributed by atoms with Gasteiger partial charge in [0, 0.05) is 29.1 Å². The van der Waals surface area contributed by atoms with Gasteiger partial charge in [0.05, 0.1) is 0 Å². The van der Waals surface area contributed by atoms with Gasteiger partial charge in [-0.1, -0.05) is 18.2 Å². The number of rotatable bonds is 1. The number of hydrogen-bond acceptors (Lipinski definition) is 2. The number of fused-ring (bicyclic) bond motifs is 2. The Morgan fingerprint density at radius 2 is 1.75 bits per heavy atom. The van der Waals surface area contributed by atoms with Crippen molar-refractivity contribution in [3.63, 3.8) is 0 Å². The number of hydrogen-bond donors (Lipinski definition) is 1. The highest BCUT2D eigenvalue weighted by Crippen LogP contribution is 2.30. The molecule has 0 unspecified atom stereocenters. The van der Waals surface area contributed by atoms with Crippen LogP contribution in [0.2, 0.25) is 0 Å². The van der Waals surface area contributed by atoms with Crippen LogP contribution >= 0.6 is 0 Å². The summed E-state index contributed by atoms with van der Waals surface area (Å²) in [5.74, 6) is 1.04. The maximum Gasteiger partial charge on any atom is 0.190 e. The molecule has 0 spiro atoms. The lowest BCUT2D eigenvalue weighted by atomic mass is 10.0. The fourth-order valence-corrected chi connectivity index (χ4v) is 3.53. The molecule has 20 heavy (non-hydrogen) atoms. The van der Waals surface area contributed by atoms with Crippen LogP contribution in [0.25, 0.3) is 5.69 Å². The van der Waals surface area contributed by atoms with Gasteiger partial charge < -0.3 is 5.32 Å². The molecule has 2 aromatic rings. The maximum atomic E-state index is 12.6. The first-order valence-electron chi connectivity index (χ1n) is 7.45. The Morgan fingerprint density at radius 1 is 0.950 bits per heavy atom. The molecular formula is C17H18N2O. The van der Waals surface area contributed by atoms with Crippen molar-refractivity contribution < 1.29 is 0 Å². The monoisotopic (exact) mass is 266 g/mol. The van der Waals surface area contributed by atoms with Gasteiger partial charge in [-0.2, -0.15) is 0 Å². The Labute approximate surface area is 118 Å². The second-order valence-electron chi connectivity index (χ2n) is 5.64.